The van der Waals surface area contributed by atoms with Crippen LogP contribution in [-0.2, 0) is 11.3 Å². The maximum atomic E-state index is 5.32. The molecule has 0 bridgehead atoms. The second kappa shape index (κ2) is 7.95. The second-order valence-corrected chi connectivity index (χ2v) is 6.83. The Balaban J connectivity index is 1.83. The standard InChI is InChI=1S/C17H31N3O/c1-15(2)20-13-16(12-19-20)11-18-14-17(9-10-21-3)7-5-4-6-8-17/h12-13,15,18H,4-11,14H2,1-3H3. The largest absolute Gasteiger partial charge is 0.385 e. The van der Waals surface area contributed by atoms with Crippen molar-refractivity contribution in [3.8, 4) is 0 Å². The predicted octanol–water partition coefficient (Wildman–Crippen LogP) is 3.54. The lowest BCUT2D eigenvalue weighted by Gasteiger charge is -2.37. The third-order valence-corrected chi connectivity index (χ3v) is 4.76. The molecule has 21 heavy (non-hydrogen) atoms. The average Bonchev–Trinajstić information content (AvgIpc) is 2.95. The highest BCUT2D eigenvalue weighted by molar-refractivity contribution is 5.04. The molecule has 1 aromatic heterocycles. The van der Waals surface area contributed by atoms with Crippen LogP contribution in [0.25, 0.3) is 0 Å². The van der Waals surface area contributed by atoms with E-state index < -0.39 is 0 Å². The van der Waals surface area contributed by atoms with Crippen LogP contribution < -0.4 is 5.32 Å². The van der Waals surface area contributed by atoms with Crippen LogP contribution in [0.1, 0.15) is 64.0 Å². The zero-order valence-corrected chi connectivity index (χ0v) is 13.9. The molecule has 4 heteroatoms. The highest BCUT2D eigenvalue weighted by atomic mass is 16.5. The van der Waals surface area contributed by atoms with E-state index in [4.69, 9.17) is 4.74 Å². The summed E-state index contributed by atoms with van der Waals surface area (Å²) in [5.41, 5.74) is 1.73. The Morgan fingerprint density at radius 1 is 1.33 bits per heavy atom. The van der Waals surface area contributed by atoms with Gasteiger partial charge in [-0.15, -0.1) is 0 Å². The molecule has 1 saturated carbocycles. The van der Waals surface area contributed by atoms with Crippen LogP contribution in [0.3, 0.4) is 0 Å². The van der Waals surface area contributed by atoms with E-state index in [0.717, 1.165) is 19.7 Å². The van der Waals surface area contributed by atoms with Crippen molar-refractivity contribution in [3.63, 3.8) is 0 Å². The Morgan fingerprint density at radius 3 is 2.71 bits per heavy atom. The van der Waals surface area contributed by atoms with Gasteiger partial charge >= 0.3 is 0 Å². The predicted molar refractivity (Wildman–Crippen MR) is 86.3 cm³/mol. The van der Waals surface area contributed by atoms with Crippen LogP contribution >= 0.6 is 0 Å². The van der Waals surface area contributed by atoms with Gasteiger partial charge in [-0.2, -0.15) is 5.10 Å². The molecule has 1 fully saturated rings. The van der Waals surface area contributed by atoms with E-state index in [1.54, 1.807) is 0 Å². The van der Waals surface area contributed by atoms with Gasteiger partial charge in [0.1, 0.15) is 0 Å². The smallest absolute Gasteiger partial charge is 0.0534 e. The third kappa shape index (κ3) is 4.82. The van der Waals surface area contributed by atoms with E-state index in [0.29, 0.717) is 11.5 Å². The van der Waals surface area contributed by atoms with E-state index in [9.17, 15) is 0 Å². The van der Waals surface area contributed by atoms with Crippen LogP contribution in [0.15, 0.2) is 12.4 Å². The molecule has 2 rings (SSSR count). The zero-order valence-electron chi connectivity index (χ0n) is 13.9. The Labute approximate surface area is 129 Å². The van der Waals surface area contributed by atoms with Crippen molar-refractivity contribution >= 4 is 0 Å². The van der Waals surface area contributed by atoms with Crippen LogP contribution in [0.4, 0.5) is 0 Å². The summed E-state index contributed by atoms with van der Waals surface area (Å²) in [7, 11) is 1.81. The lowest BCUT2D eigenvalue weighted by atomic mass is 9.72. The maximum absolute atomic E-state index is 5.32. The summed E-state index contributed by atoms with van der Waals surface area (Å²) in [4.78, 5) is 0. The molecule has 0 atom stereocenters. The normalized spacial score (nSPS) is 18.3. The van der Waals surface area contributed by atoms with E-state index in [2.05, 4.69) is 30.5 Å². The summed E-state index contributed by atoms with van der Waals surface area (Å²) in [6.45, 7) is 7.22. The number of aromatic nitrogens is 2. The molecule has 1 heterocycles. The highest BCUT2D eigenvalue weighted by Gasteiger charge is 2.31. The number of rotatable bonds is 8. The quantitative estimate of drug-likeness (QED) is 0.797. The summed E-state index contributed by atoms with van der Waals surface area (Å²) in [6, 6.07) is 0.435. The van der Waals surface area contributed by atoms with E-state index in [1.807, 2.05) is 18.0 Å². The molecule has 1 aromatic rings. The van der Waals surface area contributed by atoms with Crippen molar-refractivity contribution < 1.29 is 4.74 Å². The minimum absolute atomic E-state index is 0.435. The van der Waals surface area contributed by atoms with Crippen LogP contribution in [0.5, 0.6) is 0 Å². The first-order valence-corrected chi connectivity index (χ1v) is 8.38. The van der Waals surface area contributed by atoms with Crippen molar-refractivity contribution in [1.82, 2.24) is 15.1 Å². The molecule has 0 amide bonds. The fourth-order valence-corrected chi connectivity index (χ4v) is 3.36. The fraction of sp³-hybridized carbons (Fsp3) is 0.824. The molecular weight excluding hydrogens is 262 g/mol. The van der Waals surface area contributed by atoms with Gasteiger partial charge in [0.25, 0.3) is 0 Å². The molecule has 1 aliphatic carbocycles. The zero-order chi connectivity index (χ0) is 15.1. The minimum Gasteiger partial charge on any atom is -0.385 e. The summed E-state index contributed by atoms with van der Waals surface area (Å²) in [5.74, 6) is 0. The fourth-order valence-electron chi connectivity index (χ4n) is 3.36. The van der Waals surface area contributed by atoms with Gasteiger partial charge in [-0.3, -0.25) is 4.68 Å². The molecule has 0 unspecified atom stereocenters. The summed E-state index contributed by atoms with van der Waals surface area (Å²) in [5, 5.41) is 8.07. The molecule has 120 valence electrons. The van der Waals surface area contributed by atoms with Crippen molar-refractivity contribution in [3.05, 3.63) is 18.0 Å². The first-order valence-electron chi connectivity index (χ1n) is 8.38. The van der Waals surface area contributed by atoms with Gasteiger partial charge in [0.15, 0.2) is 0 Å². The van der Waals surface area contributed by atoms with Gasteiger partial charge in [0, 0.05) is 44.6 Å². The SMILES string of the molecule is COCCC1(CNCc2cnn(C(C)C)c2)CCCCC1. The molecule has 1 aliphatic rings. The van der Waals surface area contributed by atoms with Crippen molar-refractivity contribution in [1.29, 1.82) is 0 Å². The van der Waals surface area contributed by atoms with Crippen molar-refractivity contribution in [2.75, 3.05) is 20.3 Å². The molecule has 0 aliphatic heterocycles. The Bertz CT molecular complexity index is 408. The summed E-state index contributed by atoms with van der Waals surface area (Å²) >= 11 is 0. The van der Waals surface area contributed by atoms with Gasteiger partial charge in [0.05, 0.1) is 6.20 Å². The first kappa shape index (κ1) is 16.5. The molecular formula is C17H31N3O. The lowest BCUT2D eigenvalue weighted by molar-refractivity contribution is 0.101. The van der Waals surface area contributed by atoms with E-state index in [1.165, 1.54) is 44.1 Å². The van der Waals surface area contributed by atoms with Gasteiger partial charge < -0.3 is 10.1 Å². The molecule has 0 saturated heterocycles. The maximum Gasteiger partial charge on any atom is 0.0534 e. The van der Waals surface area contributed by atoms with Gasteiger partial charge in [-0.25, -0.2) is 0 Å². The Kier molecular flexibility index (Phi) is 6.24. The van der Waals surface area contributed by atoms with Gasteiger partial charge in [0.2, 0.25) is 0 Å². The van der Waals surface area contributed by atoms with Crippen molar-refractivity contribution in [2.24, 2.45) is 5.41 Å². The topological polar surface area (TPSA) is 39.1 Å². The number of hydrogen-bond acceptors (Lipinski definition) is 3. The minimum atomic E-state index is 0.435. The van der Waals surface area contributed by atoms with Crippen LogP contribution in [0, 0.1) is 5.41 Å². The molecule has 0 aromatic carbocycles. The molecule has 0 spiro atoms. The average molecular weight is 293 g/mol. The molecule has 0 radical (unpaired) electrons. The lowest BCUT2D eigenvalue weighted by Crippen LogP contribution is -2.36. The number of methoxy groups -OCH3 is 1. The number of nitrogens with zero attached hydrogens (tertiary/aromatic N) is 2. The number of hydrogen-bond donors (Lipinski definition) is 1. The monoisotopic (exact) mass is 293 g/mol. The van der Waals surface area contributed by atoms with Crippen LogP contribution in [0.2, 0.25) is 0 Å². The second-order valence-electron chi connectivity index (χ2n) is 6.83. The third-order valence-electron chi connectivity index (χ3n) is 4.76. The number of nitrogens with one attached hydrogen (secondary N) is 1. The van der Waals surface area contributed by atoms with Gasteiger partial charge in [-0.1, -0.05) is 19.3 Å². The van der Waals surface area contributed by atoms with E-state index in [-0.39, 0.29) is 0 Å². The van der Waals surface area contributed by atoms with Gasteiger partial charge in [-0.05, 0) is 38.5 Å². The Morgan fingerprint density at radius 2 is 2.10 bits per heavy atom. The van der Waals surface area contributed by atoms with Crippen LogP contribution in [-0.4, -0.2) is 30.0 Å². The molecule has 1 N–H and O–H groups in total. The Hall–Kier alpha value is -0.870. The van der Waals surface area contributed by atoms with E-state index >= 15 is 0 Å². The van der Waals surface area contributed by atoms with Crippen molar-refractivity contribution in [2.45, 2.75) is 65.0 Å². The first-order chi connectivity index (χ1) is 10.2. The summed E-state index contributed by atoms with van der Waals surface area (Å²) in [6.07, 6.45) is 12.1. The molecule has 4 nitrogen and oxygen atoms in total. The number of ether oxygens (including phenoxy) is 1. The highest BCUT2D eigenvalue weighted by Crippen LogP contribution is 2.38. The summed E-state index contributed by atoms with van der Waals surface area (Å²) < 4.78 is 7.35.